The fourth-order valence-corrected chi connectivity index (χ4v) is 3.61. The molecule has 116 valence electrons. The van der Waals surface area contributed by atoms with Gasteiger partial charge in [-0.05, 0) is 29.1 Å². The normalized spacial score (nSPS) is 10.5. The predicted octanol–water partition coefficient (Wildman–Crippen LogP) is 6.83. The van der Waals surface area contributed by atoms with Gasteiger partial charge in [-0.1, -0.05) is 72.8 Å². The first-order valence-corrected chi connectivity index (χ1v) is 8.84. The molecule has 0 aliphatic rings. The van der Waals surface area contributed by atoms with Crippen LogP contribution in [0.1, 0.15) is 0 Å². The van der Waals surface area contributed by atoms with E-state index in [-0.39, 0.29) is 0 Å². The molecule has 4 aromatic rings. The Morgan fingerprint density at radius 1 is 0.542 bits per heavy atom. The first kappa shape index (κ1) is 14.7. The van der Waals surface area contributed by atoms with Crippen LogP contribution in [-0.4, -0.2) is 0 Å². The van der Waals surface area contributed by atoms with Crippen LogP contribution in [0, 0.1) is 0 Å². The van der Waals surface area contributed by atoms with E-state index in [9.17, 15) is 0 Å². The van der Waals surface area contributed by atoms with E-state index in [1.54, 1.807) is 11.3 Å². The lowest BCUT2D eigenvalue weighted by molar-refractivity contribution is 1.53. The van der Waals surface area contributed by atoms with Crippen LogP contribution in [0.5, 0.6) is 0 Å². The minimum Gasteiger partial charge on any atom is -0.354 e. The highest BCUT2D eigenvalue weighted by Crippen LogP contribution is 2.36. The van der Waals surface area contributed by atoms with Crippen LogP contribution in [0.4, 0.5) is 11.4 Å². The number of hydrogen-bond acceptors (Lipinski definition) is 2. The summed E-state index contributed by atoms with van der Waals surface area (Å²) in [4.78, 5) is 1.27. The molecular weight excluding hydrogens is 310 g/mol. The van der Waals surface area contributed by atoms with Crippen molar-refractivity contribution in [2.75, 3.05) is 5.32 Å². The zero-order valence-electron chi connectivity index (χ0n) is 13.1. The molecule has 2 heteroatoms. The minimum atomic E-state index is 1.12. The monoisotopic (exact) mass is 327 g/mol. The Labute approximate surface area is 146 Å². The number of rotatable bonds is 4. The highest BCUT2D eigenvalue weighted by molar-refractivity contribution is 7.13. The standard InChI is InChI=1S/C22H17NS/c1-2-9-17(10-3-1)18-11-4-6-13-20(18)23-21-14-7-5-12-19(21)22-15-8-16-24-22/h1-16,23H. The molecule has 0 amide bonds. The Kier molecular flexibility index (Phi) is 4.13. The highest BCUT2D eigenvalue weighted by atomic mass is 32.1. The number of thiophene rings is 1. The van der Waals surface area contributed by atoms with Crippen molar-refractivity contribution < 1.29 is 0 Å². The van der Waals surface area contributed by atoms with E-state index in [2.05, 4.69) is 95.6 Å². The SMILES string of the molecule is c1ccc(-c2ccccc2Nc2ccccc2-c2cccs2)cc1. The molecule has 0 aliphatic carbocycles. The van der Waals surface area contributed by atoms with Gasteiger partial charge in [0.15, 0.2) is 0 Å². The summed E-state index contributed by atoms with van der Waals surface area (Å²) in [7, 11) is 0. The van der Waals surface area contributed by atoms with Crippen LogP contribution < -0.4 is 5.32 Å². The molecule has 3 aromatic carbocycles. The van der Waals surface area contributed by atoms with Crippen molar-refractivity contribution in [3.8, 4) is 21.6 Å². The Hall–Kier alpha value is -2.84. The van der Waals surface area contributed by atoms with Crippen LogP contribution in [0.2, 0.25) is 0 Å². The second-order valence-corrected chi connectivity index (χ2v) is 6.51. The van der Waals surface area contributed by atoms with Crippen LogP contribution >= 0.6 is 11.3 Å². The molecular formula is C22H17NS. The highest BCUT2D eigenvalue weighted by Gasteiger charge is 2.09. The Bertz CT molecular complexity index is 927. The van der Waals surface area contributed by atoms with Gasteiger partial charge < -0.3 is 5.32 Å². The summed E-state index contributed by atoms with van der Waals surface area (Å²) in [5.74, 6) is 0. The summed E-state index contributed by atoms with van der Waals surface area (Å²) in [6.07, 6.45) is 0. The van der Waals surface area contributed by atoms with E-state index in [1.807, 2.05) is 6.07 Å². The third-order valence-electron chi connectivity index (χ3n) is 3.99. The number of para-hydroxylation sites is 2. The van der Waals surface area contributed by atoms with Gasteiger partial charge in [0.2, 0.25) is 0 Å². The van der Waals surface area contributed by atoms with E-state index in [4.69, 9.17) is 0 Å². The third-order valence-corrected chi connectivity index (χ3v) is 4.90. The van der Waals surface area contributed by atoms with Gasteiger partial charge in [0.1, 0.15) is 0 Å². The maximum Gasteiger partial charge on any atom is 0.0472 e. The predicted molar refractivity (Wildman–Crippen MR) is 105 cm³/mol. The molecule has 0 spiro atoms. The molecule has 0 radical (unpaired) electrons. The smallest absolute Gasteiger partial charge is 0.0472 e. The summed E-state index contributed by atoms with van der Waals surface area (Å²) in [5.41, 5.74) is 5.90. The van der Waals surface area contributed by atoms with Gasteiger partial charge >= 0.3 is 0 Å². The lowest BCUT2D eigenvalue weighted by atomic mass is 10.0. The van der Waals surface area contributed by atoms with Crippen molar-refractivity contribution in [2.24, 2.45) is 0 Å². The quantitative estimate of drug-likeness (QED) is 0.433. The Morgan fingerprint density at radius 2 is 1.17 bits per heavy atom. The van der Waals surface area contributed by atoms with Gasteiger partial charge in [-0.15, -0.1) is 11.3 Å². The van der Waals surface area contributed by atoms with Crippen LogP contribution in [0.15, 0.2) is 96.4 Å². The van der Waals surface area contributed by atoms with Crippen molar-refractivity contribution in [1.29, 1.82) is 0 Å². The largest absolute Gasteiger partial charge is 0.354 e. The van der Waals surface area contributed by atoms with Crippen molar-refractivity contribution in [3.63, 3.8) is 0 Å². The molecule has 1 aromatic heterocycles. The number of nitrogens with one attached hydrogen (secondary N) is 1. The first-order valence-electron chi connectivity index (χ1n) is 7.96. The second kappa shape index (κ2) is 6.73. The zero-order chi connectivity index (χ0) is 16.2. The molecule has 0 atom stereocenters. The molecule has 1 N–H and O–H groups in total. The fourth-order valence-electron chi connectivity index (χ4n) is 2.85. The summed E-state index contributed by atoms with van der Waals surface area (Å²) in [6.45, 7) is 0. The first-order chi connectivity index (χ1) is 11.9. The fraction of sp³-hybridized carbons (Fsp3) is 0. The lowest BCUT2D eigenvalue weighted by Gasteiger charge is -2.15. The van der Waals surface area contributed by atoms with Crippen LogP contribution in [-0.2, 0) is 0 Å². The van der Waals surface area contributed by atoms with Crippen molar-refractivity contribution in [1.82, 2.24) is 0 Å². The summed E-state index contributed by atoms with van der Waals surface area (Å²) < 4.78 is 0. The van der Waals surface area contributed by atoms with Crippen molar-refractivity contribution in [3.05, 3.63) is 96.4 Å². The molecule has 0 saturated carbocycles. The number of benzene rings is 3. The minimum absolute atomic E-state index is 1.12. The van der Waals surface area contributed by atoms with Gasteiger partial charge in [-0.25, -0.2) is 0 Å². The zero-order valence-corrected chi connectivity index (χ0v) is 14.0. The molecule has 0 bridgehead atoms. The third kappa shape index (κ3) is 2.97. The van der Waals surface area contributed by atoms with E-state index in [0.717, 1.165) is 11.4 Å². The van der Waals surface area contributed by atoms with Crippen LogP contribution in [0.25, 0.3) is 21.6 Å². The average Bonchev–Trinajstić information content (AvgIpc) is 3.18. The summed E-state index contributed by atoms with van der Waals surface area (Å²) in [6, 6.07) is 31.6. The van der Waals surface area contributed by atoms with Gasteiger partial charge in [-0.2, -0.15) is 0 Å². The molecule has 1 nitrogen and oxygen atoms in total. The molecule has 1 heterocycles. The molecule has 24 heavy (non-hydrogen) atoms. The van der Waals surface area contributed by atoms with E-state index >= 15 is 0 Å². The summed E-state index contributed by atoms with van der Waals surface area (Å²) in [5, 5.41) is 5.75. The van der Waals surface area contributed by atoms with Gasteiger partial charge in [0.25, 0.3) is 0 Å². The van der Waals surface area contributed by atoms with Gasteiger partial charge in [-0.3, -0.25) is 0 Å². The maximum atomic E-state index is 3.63. The number of hydrogen-bond donors (Lipinski definition) is 1. The molecule has 0 unspecified atom stereocenters. The molecule has 0 fully saturated rings. The van der Waals surface area contributed by atoms with E-state index < -0.39 is 0 Å². The number of anilines is 2. The van der Waals surface area contributed by atoms with Gasteiger partial charge in [0, 0.05) is 27.4 Å². The topological polar surface area (TPSA) is 12.0 Å². The summed E-state index contributed by atoms with van der Waals surface area (Å²) >= 11 is 1.76. The molecule has 4 rings (SSSR count). The van der Waals surface area contributed by atoms with Crippen molar-refractivity contribution in [2.45, 2.75) is 0 Å². The maximum absolute atomic E-state index is 3.63. The van der Waals surface area contributed by atoms with E-state index in [1.165, 1.54) is 21.6 Å². The average molecular weight is 327 g/mol. The molecule has 0 aliphatic heterocycles. The van der Waals surface area contributed by atoms with Crippen molar-refractivity contribution >= 4 is 22.7 Å². The Balaban J connectivity index is 1.76. The lowest BCUT2D eigenvalue weighted by Crippen LogP contribution is -1.95. The Morgan fingerprint density at radius 3 is 1.88 bits per heavy atom. The van der Waals surface area contributed by atoms with E-state index in [0.29, 0.717) is 0 Å². The molecule has 0 saturated heterocycles. The van der Waals surface area contributed by atoms with Crippen LogP contribution in [0.3, 0.4) is 0 Å². The van der Waals surface area contributed by atoms with Gasteiger partial charge in [0.05, 0.1) is 0 Å². The second-order valence-electron chi connectivity index (χ2n) is 5.56.